The van der Waals surface area contributed by atoms with E-state index in [1.165, 1.54) is 18.2 Å². The highest BCUT2D eigenvalue weighted by atomic mass is 16.7. The summed E-state index contributed by atoms with van der Waals surface area (Å²) in [6, 6.07) is 9.64. The maximum atomic E-state index is 11.4. The number of hydrogen-bond acceptors (Lipinski definition) is 3. The molecular weight excluding hydrogens is 270 g/mol. The number of rotatable bonds is 9. The molecule has 0 radical (unpaired) electrons. The van der Waals surface area contributed by atoms with Crippen LogP contribution in [-0.4, -0.2) is 28.6 Å². The van der Waals surface area contributed by atoms with Crippen LogP contribution in [0.25, 0.3) is 6.08 Å². The van der Waals surface area contributed by atoms with Gasteiger partial charge in [-0.1, -0.05) is 36.8 Å². The Labute approximate surface area is 124 Å². The predicted molar refractivity (Wildman–Crippen MR) is 80.1 cm³/mol. The summed E-state index contributed by atoms with van der Waals surface area (Å²) in [6.07, 6.45) is 5.50. The van der Waals surface area contributed by atoms with Crippen molar-refractivity contribution in [1.82, 2.24) is 5.06 Å². The Hall–Kier alpha value is -2.30. The fourth-order valence-electron chi connectivity index (χ4n) is 1.74. The van der Waals surface area contributed by atoms with E-state index in [0.717, 1.165) is 12.0 Å². The molecule has 0 aliphatic carbocycles. The van der Waals surface area contributed by atoms with Crippen molar-refractivity contribution in [2.24, 2.45) is 0 Å². The van der Waals surface area contributed by atoms with Gasteiger partial charge in [-0.3, -0.25) is 9.59 Å². The van der Waals surface area contributed by atoms with Gasteiger partial charge in [-0.2, -0.15) is 5.06 Å². The summed E-state index contributed by atoms with van der Waals surface area (Å²) in [7, 11) is 0. The lowest BCUT2D eigenvalue weighted by Gasteiger charge is -2.18. The third-order valence-corrected chi connectivity index (χ3v) is 2.85. The molecule has 0 bridgehead atoms. The van der Waals surface area contributed by atoms with Crippen LogP contribution >= 0.6 is 0 Å². The quantitative estimate of drug-likeness (QED) is 0.431. The second-order valence-electron chi connectivity index (χ2n) is 4.64. The first kappa shape index (κ1) is 16.8. The zero-order valence-corrected chi connectivity index (χ0v) is 12.2. The molecule has 5 heteroatoms. The van der Waals surface area contributed by atoms with E-state index < -0.39 is 5.97 Å². The average molecular weight is 291 g/mol. The Bertz CT molecular complexity index is 470. The van der Waals surface area contributed by atoms with Crippen LogP contribution < -0.4 is 0 Å². The molecular formula is C16H21NO4. The van der Waals surface area contributed by atoms with Crippen LogP contribution in [0, 0.1) is 0 Å². The van der Waals surface area contributed by atoms with Gasteiger partial charge in [-0.15, -0.1) is 0 Å². The Morgan fingerprint density at radius 1 is 1.19 bits per heavy atom. The molecule has 0 fully saturated rings. The average Bonchev–Trinajstić information content (AvgIpc) is 2.45. The molecule has 0 spiro atoms. The standard InChI is InChI=1S/C16H21NO4/c1-14(18)17(12-7-3-6-10-16(19)20)21-13-11-15-8-4-2-5-9-15/h2,4-5,8-9,11,13H,3,6-7,10,12H2,1H3,(H,19,20). The number of carbonyl (C=O) groups is 2. The highest BCUT2D eigenvalue weighted by molar-refractivity contribution is 5.72. The monoisotopic (exact) mass is 291 g/mol. The number of hydrogen-bond donors (Lipinski definition) is 1. The first-order valence-corrected chi connectivity index (χ1v) is 6.98. The number of benzene rings is 1. The second kappa shape index (κ2) is 9.58. The molecule has 0 aromatic heterocycles. The molecule has 1 N–H and O–H groups in total. The van der Waals surface area contributed by atoms with Gasteiger partial charge in [-0.05, 0) is 24.5 Å². The number of nitrogens with zero attached hydrogens (tertiary/aromatic N) is 1. The number of unbranched alkanes of at least 4 members (excludes halogenated alkanes) is 2. The fraction of sp³-hybridized carbons (Fsp3) is 0.375. The Balaban J connectivity index is 2.31. The van der Waals surface area contributed by atoms with E-state index in [9.17, 15) is 9.59 Å². The zero-order valence-electron chi connectivity index (χ0n) is 12.2. The van der Waals surface area contributed by atoms with E-state index in [4.69, 9.17) is 9.94 Å². The van der Waals surface area contributed by atoms with Crippen molar-refractivity contribution in [2.45, 2.75) is 32.6 Å². The van der Waals surface area contributed by atoms with Crippen LogP contribution in [-0.2, 0) is 14.4 Å². The van der Waals surface area contributed by atoms with E-state index in [0.29, 0.717) is 19.4 Å². The SMILES string of the molecule is CC(=O)N(CCCCCC(=O)O)OC=Cc1ccccc1. The van der Waals surface area contributed by atoms with Gasteiger partial charge in [0.2, 0.25) is 0 Å². The first-order valence-electron chi connectivity index (χ1n) is 6.98. The van der Waals surface area contributed by atoms with Gasteiger partial charge in [0.05, 0.1) is 6.54 Å². The third kappa shape index (κ3) is 7.77. The highest BCUT2D eigenvalue weighted by Gasteiger charge is 2.08. The minimum absolute atomic E-state index is 0.162. The van der Waals surface area contributed by atoms with E-state index in [-0.39, 0.29) is 12.3 Å². The summed E-state index contributed by atoms with van der Waals surface area (Å²) >= 11 is 0. The Morgan fingerprint density at radius 2 is 1.90 bits per heavy atom. The summed E-state index contributed by atoms with van der Waals surface area (Å²) in [6.45, 7) is 1.89. The Kier molecular flexibility index (Phi) is 7.64. The van der Waals surface area contributed by atoms with Gasteiger partial charge < -0.3 is 9.94 Å². The number of carboxylic acid groups (broad SMARTS) is 1. The van der Waals surface area contributed by atoms with Crippen molar-refractivity contribution < 1.29 is 19.5 Å². The summed E-state index contributed by atoms with van der Waals surface area (Å²) in [5.41, 5.74) is 0.988. The molecule has 21 heavy (non-hydrogen) atoms. The minimum Gasteiger partial charge on any atom is -0.481 e. The summed E-state index contributed by atoms with van der Waals surface area (Å²) in [4.78, 5) is 27.1. The summed E-state index contributed by atoms with van der Waals surface area (Å²) in [5, 5.41) is 9.81. The first-order chi connectivity index (χ1) is 10.1. The van der Waals surface area contributed by atoms with Crippen molar-refractivity contribution in [3.63, 3.8) is 0 Å². The van der Waals surface area contributed by atoms with Gasteiger partial charge in [0.25, 0.3) is 5.91 Å². The van der Waals surface area contributed by atoms with Gasteiger partial charge in [0, 0.05) is 13.3 Å². The van der Waals surface area contributed by atoms with E-state index in [1.807, 2.05) is 30.3 Å². The molecule has 0 atom stereocenters. The topological polar surface area (TPSA) is 66.8 Å². The van der Waals surface area contributed by atoms with Crippen LogP contribution in [0.2, 0.25) is 0 Å². The number of carboxylic acids is 1. The second-order valence-corrected chi connectivity index (χ2v) is 4.64. The van der Waals surface area contributed by atoms with Crippen LogP contribution in [0.15, 0.2) is 36.6 Å². The molecule has 0 aliphatic rings. The van der Waals surface area contributed by atoms with E-state index in [2.05, 4.69) is 0 Å². The summed E-state index contributed by atoms with van der Waals surface area (Å²) in [5.74, 6) is -0.966. The maximum Gasteiger partial charge on any atom is 0.303 e. The lowest BCUT2D eigenvalue weighted by molar-refractivity contribution is -0.165. The number of aliphatic carboxylic acids is 1. The largest absolute Gasteiger partial charge is 0.481 e. The van der Waals surface area contributed by atoms with Crippen molar-refractivity contribution in [3.8, 4) is 0 Å². The van der Waals surface area contributed by atoms with Crippen LogP contribution in [0.4, 0.5) is 0 Å². The number of amides is 1. The molecule has 114 valence electrons. The normalized spacial score (nSPS) is 10.5. The van der Waals surface area contributed by atoms with Crippen LogP contribution in [0.5, 0.6) is 0 Å². The lowest BCUT2D eigenvalue weighted by atomic mass is 10.2. The lowest BCUT2D eigenvalue weighted by Crippen LogP contribution is -2.28. The van der Waals surface area contributed by atoms with Crippen LogP contribution in [0.1, 0.15) is 38.2 Å². The molecule has 5 nitrogen and oxygen atoms in total. The molecule has 1 aromatic rings. The van der Waals surface area contributed by atoms with Crippen molar-refractivity contribution in [2.75, 3.05) is 6.54 Å². The predicted octanol–water partition coefficient (Wildman–Crippen LogP) is 3.08. The maximum absolute atomic E-state index is 11.4. The molecule has 1 aromatic carbocycles. The molecule has 0 aliphatic heterocycles. The minimum atomic E-state index is -0.791. The highest BCUT2D eigenvalue weighted by Crippen LogP contribution is 2.05. The number of carbonyl (C=O) groups excluding carboxylic acids is 1. The molecule has 1 rings (SSSR count). The van der Waals surface area contributed by atoms with Gasteiger partial charge in [-0.25, -0.2) is 0 Å². The molecule has 0 saturated heterocycles. The van der Waals surface area contributed by atoms with Crippen LogP contribution in [0.3, 0.4) is 0 Å². The summed E-state index contributed by atoms with van der Waals surface area (Å²) < 4.78 is 0. The van der Waals surface area contributed by atoms with Gasteiger partial charge >= 0.3 is 5.97 Å². The van der Waals surface area contributed by atoms with E-state index in [1.54, 1.807) is 6.08 Å². The van der Waals surface area contributed by atoms with Gasteiger partial charge in [0.1, 0.15) is 6.26 Å². The van der Waals surface area contributed by atoms with E-state index >= 15 is 0 Å². The molecule has 1 amide bonds. The van der Waals surface area contributed by atoms with Gasteiger partial charge in [0.15, 0.2) is 0 Å². The van der Waals surface area contributed by atoms with Crippen molar-refractivity contribution in [1.29, 1.82) is 0 Å². The van der Waals surface area contributed by atoms with Crippen molar-refractivity contribution in [3.05, 3.63) is 42.2 Å². The smallest absolute Gasteiger partial charge is 0.303 e. The zero-order chi connectivity index (χ0) is 15.5. The molecule has 0 heterocycles. The fourth-order valence-corrected chi connectivity index (χ4v) is 1.74. The Morgan fingerprint density at radius 3 is 2.52 bits per heavy atom. The number of hydroxylamine groups is 2. The molecule has 0 unspecified atom stereocenters. The third-order valence-electron chi connectivity index (χ3n) is 2.85. The van der Waals surface area contributed by atoms with Crippen molar-refractivity contribution >= 4 is 18.0 Å². The molecule has 0 saturated carbocycles.